The molecule has 3 rings (SSSR count). The van der Waals surface area contributed by atoms with E-state index >= 15 is 0 Å². The molecule has 1 atom stereocenters. The number of aromatic nitrogens is 2. The molecule has 0 saturated heterocycles. The second kappa shape index (κ2) is 6.89. The summed E-state index contributed by atoms with van der Waals surface area (Å²) in [5, 5.41) is 0. The first-order valence-electron chi connectivity index (χ1n) is 7.99. The van der Waals surface area contributed by atoms with Gasteiger partial charge < -0.3 is 9.79 Å². The first-order chi connectivity index (χ1) is 11.8. The van der Waals surface area contributed by atoms with Crippen molar-refractivity contribution < 1.29 is 23.5 Å². The highest BCUT2D eigenvalue weighted by molar-refractivity contribution is 7.51. The van der Waals surface area contributed by atoms with Crippen molar-refractivity contribution in [2.75, 3.05) is 0 Å². The van der Waals surface area contributed by atoms with Gasteiger partial charge in [-0.25, -0.2) is 0 Å². The molecule has 0 fully saturated rings. The standard InChI is InChI=1S/C19H19N2O3P/c1-15-3-5-19(6-4-15)21-13-9-18(10-14-21)17-7-11-20(12-8-17)16(2)25(22,23)24/h3-14,16H,1-2H3/p+2. The van der Waals surface area contributed by atoms with Crippen molar-refractivity contribution in [3.05, 3.63) is 78.9 Å². The van der Waals surface area contributed by atoms with Crippen LogP contribution in [-0.4, -0.2) is 9.79 Å². The van der Waals surface area contributed by atoms with Crippen LogP contribution < -0.4 is 9.13 Å². The summed E-state index contributed by atoms with van der Waals surface area (Å²) in [4.78, 5) is 18.5. The molecule has 0 aliphatic heterocycles. The molecule has 0 saturated carbocycles. The second-order valence-corrected chi connectivity index (χ2v) is 8.01. The summed E-state index contributed by atoms with van der Waals surface area (Å²) in [6.07, 6.45) is 7.39. The highest BCUT2D eigenvalue weighted by atomic mass is 31.2. The van der Waals surface area contributed by atoms with Crippen LogP contribution >= 0.6 is 7.60 Å². The minimum Gasteiger partial charge on any atom is -0.320 e. The monoisotopic (exact) mass is 356 g/mol. The molecule has 2 aromatic heterocycles. The first kappa shape index (κ1) is 17.5. The van der Waals surface area contributed by atoms with E-state index in [2.05, 4.69) is 31.2 Å². The number of aryl methyl sites for hydroxylation is 1. The predicted molar refractivity (Wildman–Crippen MR) is 95.1 cm³/mol. The van der Waals surface area contributed by atoms with Gasteiger partial charge in [-0.05, 0) is 18.1 Å². The molecule has 0 bridgehead atoms. The van der Waals surface area contributed by atoms with Crippen molar-refractivity contribution in [2.24, 2.45) is 0 Å². The van der Waals surface area contributed by atoms with E-state index in [1.54, 1.807) is 12.4 Å². The van der Waals surface area contributed by atoms with Gasteiger partial charge in [0.05, 0.1) is 0 Å². The van der Waals surface area contributed by atoms with Crippen molar-refractivity contribution in [3.8, 4) is 16.8 Å². The Hall–Kier alpha value is -2.33. The van der Waals surface area contributed by atoms with Crippen molar-refractivity contribution in [2.45, 2.75) is 19.6 Å². The van der Waals surface area contributed by atoms with Crippen LogP contribution in [0.15, 0.2) is 73.3 Å². The number of rotatable bonds is 4. The lowest BCUT2D eigenvalue weighted by Gasteiger charge is -2.09. The first-order valence-corrected chi connectivity index (χ1v) is 9.67. The fourth-order valence-electron chi connectivity index (χ4n) is 2.56. The van der Waals surface area contributed by atoms with Crippen LogP contribution in [0.3, 0.4) is 0 Å². The zero-order valence-electron chi connectivity index (χ0n) is 14.1. The Labute approximate surface area is 147 Å². The van der Waals surface area contributed by atoms with Gasteiger partial charge in [0.2, 0.25) is 5.69 Å². The summed E-state index contributed by atoms with van der Waals surface area (Å²) < 4.78 is 14.9. The van der Waals surface area contributed by atoms with Crippen LogP contribution in [-0.2, 0) is 4.57 Å². The zero-order chi connectivity index (χ0) is 18.0. The van der Waals surface area contributed by atoms with E-state index in [1.807, 2.05) is 41.2 Å². The third kappa shape index (κ3) is 4.02. The van der Waals surface area contributed by atoms with Gasteiger partial charge >= 0.3 is 7.60 Å². The van der Waals surface area contributed by atoms with Crippen LogP contribution in [0.5, 0.6) is 0 Å². The SMILES string of the molecule is Cc1ccc(-[n+]2ccc(-c3cc[n+](C(C)P(=O)(O)O)cc3)cc2)cc1. The van der Waals surface area contributed by atoms with Crippen LogP contribution in [0.1, 0.15) is 18.3 Å². The van der Waals surface area contributed by atoms with E-state index in [1.165, 1.54) is 17.1 Å². The topological polar surface area (TPSA) is 65.3 Å². The highest BCUT2D eigenvalue weighted by Gasteiger charge is 2.32. The van der Waals surface area contributed by atoms with Gasteiger partial charge in [-0.1, -0.05) is 17.7 Å². The number of benzene rings is 1. The summed E-state index contributed by atoms with van der Waals surface area (Å²) in [6, 6.07) is 16.1. The number of hydrogen-bond donors (Lipinski definition) is 2. The van der Waals surface area contributed by atoms with E-state index in [-0.39, 0.29) is 0 Å². The van der Waals surface area contributed by atoms with Crippen molar-refractivity contribution in [1.82, 2.24) is 0 Å². The normalized spacial score (nSPS) is 12.8. The van der Waals surface area contributed by atoms with E-state index in [9.17, 15) is 14.4 Å². The number of nitrogens with zero attached hydrogens (tertiary/aromatic N) is 2. The summed E-state index contributed by atoms with van der Waals surface area (Å²) in [7, 11) is -4.15. The molecule has 6 heteroatoms. The second-order valence-electron chi connectivity index (χ2n) is 6.08. The van der Waals surface area contributed by atoms with Gasteiger partial charge in [-0.2, -0.15) is 9.13 Å². The Balaban J connectivity index is 1.83. The summed E-state index contributed by atoms with van der Waals surface area (Å²) in [6.45, 7) is 3.57. The maximum atomic E-state index is 11.4. The Bertz CT molecular complexity index is 901. The molecular weight excluding hydrogens is 335 g/mol. The maximum absolute atomic E-state index is 11.4. The van der Waals surface area contributed by atoms with Gasteiger partial charge in [0.15, 0.2) is 24.8 Å². The van der Waals surface area contributed by atoms with Crippen LogP contribution in [0.2, 0.25) is 0 Å². The fourth-order valence-corrected chi connectivity index (χ4v) is 3.06. The Morgan fingerprint density at radius 3 is 1.80 bits per heavy atom. The molecular formula is C19H21N2O3P+2. The van der Waals surface area contributed by atoms with Gasteiger partial charge in [0.25, 0.3) is 5.78 Å². The van der Waals surface area contributed by atoms with E-state index in [4.69, 9.17) is 0 Å². The number of hydrogen-bond acceptors (Lipinski definition) is 1. The molecule has 0 aliphatic carbocycles. The molecule has 2 heterocycles. The molecule has 0 spiro atoms. The zero-order valence-corrected chi connectivity index (χ0v) is 15.0. The van der Waals surface area contributed by atoms with Gasteiger partial charge in [-0.3, -0.25) is 4.57 Å². The summed E-state index contributed by atoms with van der Waals surface area (Å²) >= 11 is 0. The summed E-state index contributed by atoms with van der Waals surface area (Å²) in [5.74, 6) is -0.874. The average molecular weight is 356 g/mol. The molecule has 5 nitrogen and oxygen atoms in total. The predicted octanol–water partition coefficient (Wildman–Crippen LogP) is 2.92. The van der Waals surface area contributed by atoms with Crippen LogP contribution in [0.25, 0.3) is 16.8 Å². The lowest BCUT2D eigenvalue weighted by molar-refractivity contribution is -0.701. The maximum Gasteiger partial charge on any atom is 0.392 e. The van der Waals surface area contributed by atoms with Gasteiger partial charge in [-0.15, -0.1) is 0 Å². The molecule has 128 valence electrons. The van der Waals surface area contributed by atoms with Gasteiger partial charge in [0.1, 0.15) is 0 Å². The molecule has 3 aromatic rings. The Morgan fingerprint density at radius 1 is 0.840 bits per heavy atom. The average Bonchev–Trinajstić information content (AvgIpc) is 2.61. The number of pyridine rings is 2. The molecule has 0 radical (unpaired) electrons. The van der Waals surface area contributed by atoms with E-state index in [0.717, 1.165) is 16.8 Å². The Kier molecular flexibility index (Phi) is 4.82. The lowest BCUT2D eigenvalue weighted by Crippen LogP contribution is -2.36. The van der Waals surface area contributed by atoms with Crippen molar-refractivity contribution >= 4 is 7.60 Å². The molecule has 0 amide bonds. The smallest absolute Gasteiger partial charge is 0.320 e. The van der Waals surface area contributed by atoms with Crippen LogP contribution in [0, 0.1) is 6.92 Å². The minimum absolute atomic E-state index is 0.874. The molecule has 1 aromatic carbocycles. The minimum atomic E-state index is -4.15. The third-order valence-corrected chi connectivity index (χ3v) is 5.51. The van der Waals surface area contributed by atoms with E-state index in [0.29, 0.717) is 0 Å². The fraction of sp³-hybridized carbons (Fsp3) is 0.158. The third-order valence-electron chi connectivity index (χ3n) is 4.27. The molecule has 1 unspecified atom stereocenters. The largest absolute Gasteiger partial charge is 0.392 e. The Morgan fingerprint density at radius 2 is 1.32 bits per heavy atom. The highest BCUT2D eigenvalue weighted by Crippen LogP contribution is 2.45. The van der Waals surface area contributed by atoms with Crippen molar-refractivity contribution in [3.63, 3.8) is 0 Å². The van der Waals surface area contributed by atoms with Crippen molar-refractivity contribution in [1.29, 1.82) is 0 Å². The summed E-state index contributed by atoms with van der Waals surface area (Å²) in [5.41, 5.74) is 4.35. The van der Waals surface area contributed by atoms with Gasteiger partial charge in [0, 0.05) is 43.3 Å². The van der Waals surface area contributed by atoms with E-state index < -0.39 is 13.4 Å². The lowest BCUT2D eigenvalue weighted by atomic mass is 10.1. The molecule has 25 heavy (non-hydrogen) atoms. The quantitative estimate of drug-likeness (QED) is 0.558. The van der Waals surface area contributed by atoms with Crippen LogP contribution in [0.4, 0.5) is 0 Å². The molecule has 2 N–H and O–H groups in total. The molecule has 0 aliphatic rings.